The molecular weight excluding hydrogens is 350 g/mol. The molecule has 0 radical (unpaired) electrons. The van der Waals surface area contributed by atoms with Crippen LogP contribution in [0.2, 0.25) is 0 Å². The molecule has 0 aliphatic rings. The van der Waals surface area contributed by atoms with Gasteiger partial charge in [0, 0.05) is 31.4 Å². The Morgan fingerprint density at radius 3 is 2.92 bits per heavy atom. The number of anilines is 1. The Labute approximate surface area is 156 Å². The number of pyridine rings is 2. The first-order valence-corrected chi connectivity index (χ1v) is 8.88. The molecule has 0 aliphatic heterocycles. The maximum absolute atomic E-state index is 13.0. The summed E-state index contributed by atoms with van der Waals surface area (Å²) in [7, 11) is 0. The van der Waals surface area contributed by atoms with Gasteiger partial charge in [-0.05, 0) is 26.0 Å². The molecule has 0 saturated carbocycles. The predicted octanol–water partition coefficient (Wildman–Crippen LogP) is 1.09. The molecule has 0 saturated heterocycles. The van der Waals surface area contributed by atoms with Crippen LogP contribution in [0, 0.1) is 6.92 Å². The van der Waals surface area contributed by atoms with E-state index in [2.05, 4.69) is 0 Å². The molecule has 8 heteroatoms. The van der Waals surface area contributed by atoms with Crippen LogP contribution in [-0.4, -0.2) is 27.6 Å². The van der Waals surface area contributed by atoms with Crippen LogP contribution in [0.3, 0.4) is 0 Å². The number of ether oxygens (including phenoxy) is 1. The van der Waals surface area contributed by atoms with E-state index in [1.165, 1.54) is 4.40 Å². The minimum atomic E-state index is -0.176. The zero-order valence-corrected chi connectivity index (χ0v) is 15.7. The van der Waals surface area contributed by atoms with Gasteiger partial charge in [0.1, 0.15) is 10.4 Å². The number of hydrogen-bond acceptors (Lipinski definition) is 5. The Balaban J connectivity index is 2.32. The van der Waals surface area contributed by atoms with E-state index in [-0.39, 0.29) is 10.5 Å². The Hall–Kier alpha value is -2.58. The summed E-state index contributed by atoms with van der Waals surface area (Å²) >= 11 is 5.12. The smallest absolute Gasteiger partial charge is 0.278 e. The van der Waals surface area contributed by atoms with E-state index in [0.717, 1.165) is 12.0 Å². The number of nitrogens with two attached hydrogens (primary N) is 2. The van der Waals surface area contributed by atoms with Crippen LogP contribution in [0.15, 0.2) is 29.2 Å². The van der Waals surface area contributed by atoms with Crippen molar-refractivity contribution >= 4 is 39.7 Å². The minimum absolute atomic E-state index is 0.150. The van der Waals surface area contributed by atoms with Crippen molar-refractivity contribution in [3.05, 3.63) is 45.9 Å². The number of rotatable bonds is 6. The number of thiocarbonyl (C=S) groups is 1. The van der Waals surface area contributed by atoms with Gasteiger partial charge in [-0.25, -0.2) is 4.57 Å². The van der Waals surface area contributed by atoms with Gasteiger partial charge in [0.25, 0.3) is 11.2 Å². The topological polar surface area (TPSA) is 99.5 Å². The predicted molar refractivity (Wildman–Crippen MR) is 105 cm³/mol. The van der Waals surface area contributed by atoms with Crippen molar-refractivity contribution in [2.75, 3.05) is 18.9 Å². The zero-order chi connectivity index (χ0) is 18.8. The summed E-state index contributed by atoms with van der Waals surface area (Å²) in [5, 5.41) is 0.432. The van der Waals surface area contributed by atoms with Gasteiger partial charge in [-0.1, -0.05) is 23.3 Å². The molecule has 3 aromatic rings. The van der Waals surface area contributed by atoms with Crippen LogP contribution in [0.5, 0.6) is 0 Å². The molecule has 0 atom stereocenters. The van der Waals surface area contributed by atoms with E-state index < -0.39 is 0 Å². The lowest BCUT2D eigenvalue weighted by atomic mass is 10.2. The third kappa shape index (κ3) is 3.13. The molecule has 0 aromatic carbocycles. The molecule has 0 unspecified atom stereocenters. The Morgan fingerprint density at radius 2 is 2.23 bits per heavy atom. The minimum Gasteiger partial charge on any atom is -0.389 e. The molecule has 0 aliphatic carbocycles. The maximum atomic E-state index is 13.0. The van der Waals surface area contributed by atoms with Crippen molar-refractivity contribution in [3.8, 4) is 0 Å². The molecule has 3 aromatic heterocycles. The Morgan fingerprint density at radius 1 is 1.46 bits per heavy atom. The largest absolute Gasteiger partial charge is 0.389 e. The summed E-state index contributed by atoms with van der Waals surface area (Å²) in [4.78, 5) is 17.9. The van der Waals surface area contributed by atoms with Crippen LogP contribution in [0.1, 0.15) is 24.5 Å². The number of nitrogen functional groups attached to an aromatic ring is 1. The number of aromatic nitrogens is 3. The third-order valence-electron chi connectivity index (χ3n) is 4.32. The fourth-order valence-electron chi connectivity index (χ4n) is 3.00. The summed E-state index contributed by atoms with van der Waals surface area (Å²) in [6.45, 7) is 5.65. The van der Waals surface area contributed by atoms with Gasteiger partial charge in [-0.2, -0.15) is 0 Å². The van der Waals surface area contributed by atoms with Gasteiger partial charge in [0.15, 0.2) is 0 Å². The molecule has 3 heterocycles. The summed E-state index contributed by atoms with van der Waals surface area (Å²) in [6, 6.07) is 5.37. The standard InChI is InChI=1S/C18H21N5O2S/c1-3-25-9-5-8-22-14(19)12(15(20)26)10-13-17(22)21-16-11(2)6-4-7-23(16)18(13)24/h4,6-7,10,19H,3,5,8-9H2,1-2H3,(H2,20,26)/p+1. The first-order valence-electron chi connectivity index (χ1n) is 8.47. The average Bonchev–Trinajstić information content (AvgIpc) is 2.61. The lowest BCUT2D eigenvalue weighted by molar-refractivity contribution is -0.659. The maximum Gasteiger partial charge on any atom is 0.278 e. The molecule has 3 rings (SSSR count). The monoisotopic (exact) mass is 372 g/mol. The number of hydrogen-bond donors (Lipinski definition) is 2. The number of fused-ring (bicyclic) bond motifs is 2. The van der Waals surface area contributed by atoms with Crippen LogP contribution in [-0.2, 0) is 11.3 Å². The molecule has 0 bridgehead atoms. The average molecular weight is 372 g/mol. The highest BCUT2D eigenvalue weighted by atomic mass is 32.1. The van der Waals surface area contributed by atoms with E-state index in [1.807, 2.05) is 26.0 Å². The van der Waals surface area contributed by atoms with Crippen molar-refractivity contribution in [3.63, 3.8) is 0 Å². The number of aryl methyl sites for hydroxylation is 2. The van der Waals surface area contributed by atoms with E-state index in [9.17, 15) is 4.79 Å². The van der Waals surface area contributed by atoms with Crippen LogP contribution in [0.4, 0.5) is 5.82 Å². The van der Waals surface area contributed by atoms with Crippen molar-refractivity contribution in [2.45, 2.75) is 26.8 Å². The molecule has 0 amide bonds. The SMILES string of the molecule is CCOCCC[n+]1c(N)c(C(N)=S)cc2c(=O)n3cccc(C)c3nc21. The third-order valence-corrected chi connectivity index (χ3v) is 4.54. The molecular formula is C18H22N5O2S+. The lowest BCUT2D eigenvalue weighted by Gasteiger charge is -2.12. The van der Waals surface area contributed by atoms with Gasteiger partial charge < -0.3 is 16.2 Å². The first kappa shape index (κ1) is 18.2. The fourth-order valence-corrected chi connectivity index (χ4v) is 3.17. The lowest BCUT2D eigenvalue weighted by Crippen LogP contribution is -2.42. The van der Waals surface area contributed by atoms with Crippen molar-refractivity contribution < 1.29 is 9.30 Å². The van der Waals surface area contributed by atoms with Gasteiger partial charge in [-0.3, -0.25) is 9.20 Å². The van der Waals surface area contributed by atoms with Crippen molar-refractivity contribution in [1.29, 1.82) is 0 Å². The molecule has 26 heavy (non-hydrogen) atoms. The summed E-state index contributed by atoms with van der Waals surface area (Å²) < 4.78 is 8.74. The highest BCUT2D eigenvalue weighted by Gasteiger charge is 2.22. The van der Waals surface area contributed by atoms with Crippen molar-refractivity contribution in [1.82, 2.24) is 9.38 Å². The number of nitrogens with zero attached hydrogens (tertiary/aromatic N) is 3. The van der Waals surface area contributed by atoms with E-state index in [1.54, 1.807) is 16.8 Å². The fraction of sp³-hybridized carbons (Fsp3) is 0.333. The summed E-state index contributed by atoms with van der Waals surface area (Å²) in [5.74, 6) is 0.409. The highest BCUT2D eigenvalue weighted by molar-refractivity contribution is 7.80. The van der Waals surface area contributed by atoms with Gasteiger partial charge >= 0.3 is 0 Å². The molecule has 7 nitrogen and oxygen atoms in total. The summed E-state index contributed by atoms with van der Waals surface area (Å²) in [6.07, 6.45) is 2.43. The molecule has 0 fully saturated rings. The molecule has 0 spiro atoms. The molecule has 4 N–H and O–H groups in total. The van der Waals surface area contributed by atoms with Crippen LogP contribution >= 0.6 is 12.2 Å². The Kier molecular flexibility index (Phi) is 5.15. The summed E-state index contributed by atoms with van der Waals surface area (Å²) in [5.41, 5.74) is 14.5. The highest BCUT2D eigenvalue weighted by Crippen LogP contribution is 2.15. The second-order valence-corrected chi connectivity index (χ2v) is 6.49. The van der Waals surface area contributed by atoms with Crippen LogP contribution in [0.25, 0.3) is 16.7 Å². The van der Waals surface area contributed by atoms with Gasteiger partial charge in [0.05, 0.1) is 12.1 Å². The zero-order valence-electron chi connectivity index (χ0n) is 14.9. The van der Waals surface area contributed by atoms with Crippen LogP contribution < -0.4 is 21.6 Å². The van der Waals surface area contributed by atoms with E-state index >= 15 is 0 Å². The van der Waals surface area contributed by atoms with E-state index in [4.69, 9.17) is 33.4 Å². The normalized spacial score (nSPS) is 11.3. The van der Waals surface area contributed by atoms with Crippen molar-refractivity contribution in [2.24, 2.45) is 5.73 Å². The molecule has 136 valence electrons. The van der Waals surface area contributed by atoms with E-state index in [0.29, 0.717) is 47.8 Å². The van der Waals surface area contributed by atoms with Gasteiger partial charge in [-0.15, -0.1) is 0 Å². The van der Waals surface area contributed by atoms with Gasteiger partial charge in [0.2, 0.25) is 11.5 Å². The second-order valence-electron chi connectivity index (χ2n) is 6.05. The second kappa shape index (κ2) is 7.35. The first-order chi connectivity index (χ1) is 12.5. The quantitative estimate of drug-likeness (QED) is 0.291. The Bertz CT molecular complexity index is 1060.